The lowest BCUT2D eigenvalue weighted by Crippen LogP contribution is -2.38. The highest BCUT2D eigenvalue weighted by Crippen LogP contribution is 2.31. The van der Waals surface area contributed by atoms with Gasteiger partial charge in [0.05, 0.1) is 30.0 Å². The van der Waals surface area contributed by atoms with Gasteiger partial charge in [-0.15, -0.1) is 0 Å². The minimum Gasteiger partial charge on any atom is -0.345 e. The summed E-state index contributed by atoms with van der Waals surface area (Å²) in [5.74, 6) is 1.67. The molecule has 3 aromatic heterocycles. The van der Waals surface area contributed by atoms with Gasteiger partial charge in [0.2, 0.25) is 11.9 Å². The van der Waals surface area contributed by atoms with Gasteiger partial charge in [-0.05, 0) is 38.3 Å². The molecule has 0 saturated carbocycles. The molecule has 1 aliphatic heterocycles. The number of H-pyrrole nitrogens is 1. The summed E-state index contributed by atoms with van der Waals surface area (Å²) in [7, 11) is 0. The van der Waals surface area contributed by atoms with E-state index in [9.17, 15) is 4.79 Å². The van der Waals surface area contributed by atoms with Crippen molar-refractivity contribution in [2.24, 2.45) is 0 Å². The van der Waals surface area contributed by atoms with Crippen LogP contribution in [-0.4, -0.2) is 47.3 Å². The molecule has 1 saturated heterocycles. The molecule has 1 aliphatic rings. The lowest BCUT2D eigenvalue weighted by Gasteiger charge is -2.35. The Bertz CT molecular complexity index is 987. The molecule has 4 rings (SSSR count). The summed E-state index contributed by atoms with van der Waals surface area (Å²) >= 11 is 0. The lowest BCUT2D eigenvalue weighted by molar-refractivity contribution is -0.129. The zero-order valence-corrected chi connectivity index (χ0v) is 16.1. The Balaban J connectivity index is 1.57. The number of carbonyl (C=O) groups excluding carboxylic acids is 1. The number of carbonyl (C=O) groups is 1. The average Bonchev–Trinajstić information content (AvgIpc) is 3.26. The van der Waals surface area contributed by atoms with E-state index in [1.54, 1.807) is 43.1 Å². The van der Waals surface area contributed by atoms with E-state index in [-0.39, 0.29) is 11.9 Å². The van der Waals surface area contributed by atoms with Crippen molar-refractivity contribution in [2.75, 3.05) is 11.9 Å². The molecule has 9 nitrogen and oxygen atoms in total. The highest BCUT2D eigenvalue weighted by atomic mass is 16.2. The van der Waals surface area contributed by atoms with Crippen LogP contribution in [0.3, 0.4) is 0 Å². The predicted molar refractivity (Wildman–Crippen MR) is 108 cm³/mol. The number of aromatic nitrogens is 6. The van der Waals surface area contributed by atoms with Gasteiger partial charge in [0.25, 0.3) is 0 Å². The van der Waals surface area contributed by atoms with Crippen LogP contribution in [0.15, 0.2) is 43.1 Å². The Morgan fingerprint density at radius 2 is 2.14 bits per heavy atom. The number of anilines is 2. The van der Waals surface area contributed by atoms with Crippen molar-refractivity contribution in [3.63, 3.8) is 0 Å². The highest BCUT2D eigenvalue weighted by Gasteiger charge is 2.28. The molecule has 148 valence electrons. The molecule has 29 heavy (non-hydrogen) atoms. The number of amides is 1. The number of rotatable bonds is 5. The number of nitrogens with zero attached hydrogens (tertiary/aromatic N) is 6. The molecule has 0 aromatic carbocycles. The normalized spacial score (nSPS) is 16.9. The summed E-state index contributed by atoms with van der Waals surface area (Å²) in [4.78, 5) is 39.1. The van der Waals surface area contributed by atoms with Gasteiger partial charge >= 0.3 is 0 Å². The van der Waals surface area contributed by atoms with E-state index in [2.05, 4.69) is 35.2 Å². The van der Waals surface area contributed by atoms with Crippen molar-refractivity contribution in [2.45, 2.75) is 32.2 Å². The van der Waals surface area contributed by atoms with E-state index in [1.807, 2.05) is 17.9 Å². The maximum absolute atomic E-state index is 12.9. The first kappa shape index (κ1) is 18.7. The maximum Gasteiger partial charge on any atom is 0.247 e. The second kappa shape index (κ2) is 8.59. The standard InChI is InChI=1S/C20H22N8O/c1-14-25-16(11-18(26-14)27-20-22-8-4-9-23-20)17-5-2-3-10-28(17)19(29)7-6-15-12-21-13-24-15/h4,6-9,11-13,17H,2-3,5,10H2,1H3,(H,21,24)(H,22,23,25,26,27)/b7-6+/t17-/m1/s1. The smallest absolute Gasteiger partial charge is 0.247 e. The van der Waals surface area contributed by atoms with Crippen molar-refractivity contribution >= 4 is 23.7 Å². The third kappa shape index (κ3) is 4.63. The minimum absolute atomic E-state index is 0.0403. The Labute approximate surface area is 168 Å². The van der Waals surface area contributed by atoms with Gasteiger partial charge in [-0.3, -0.25) is 4.79 Å². The number of aryl methyl sites for hydroxylation is 1. The number of hydrogen-bond donors (Lipinski definition) is 2. The fraction of sp³-hybridized carbons (Fsp3) is 0.300. The van der Waals surface area contributed by atoms with E-state index in [0.29, 0.717) is 24.1 Å². The molecule has 9 heteroatoms. The first-order valence-electron chi connectivity index (χ1n) is 9.56. The van der Waals surface area contributed by atoms with Crippen LogP contribution >= 0.6 is 0 Å². The van der Waals surface area contributed by atoms with Gasteiger partial charge < -0.3 is 15.2 Å². The van der Waals surface area contributed by atoms with Crippen molar-refractivity contribution in [3.05, 3.63) is 60.3 Å². The zero-order valence-electron chi connectivity index (χ0n) is 16.1. The summed E-state index contributed by atoms with van der Waals surface area (Å²) in [5.41, 5.74) is 1.61. The van der Waals surface area contributed by atoms with Gasteiger partial charge in [0.1, 0.15) is 11.6 Å². The summed E-state index contributed by atoms with van der Waals surface area (Å²) in [6, 6.07) is 3.53. The summed E-state index contributed by atoms with van der Waals surface area (Å²) in [5, 5.41) is 3.11. The van der Waals surface area contributed by atoms with E-state index >= 15 is 0 Å². The maximum atomic E-state index is 12.9. The van der Waals surface area contributed by atoms with Gasteiger partial charge in [0, 0.05) is 31.1 Å². The van der Waals surface area contributed by atoms with Gasteiger partial charge in [0.15, 0.2) is 0 Å². The molecule has 2 N–H and O–H groups in total. The Morgan fingerprint density at radius 3 is 2.93 bits per heavy atom. The zero-order chi connectivity index (χ0) is 20.1. The van der Waals surface area contributed by atoms with Gasteiger partial charge in [-0.1, -0.05) is 0 Å². The van der Waals surface area contributed by atoms with Crippen LogP contribution in [0.2, 0.25) is 0 Å². The van der Waals surface area contributed by atoms with E-state index < -0.39 is 0 Å². The molecule has 0 aliphatic carbocycles. The number of likely N-dealkylation sites (tertiary alicyclic amines) is 1. The first-order valence-corrected chi connectivity index (χ1v) is 9.56. The Morgan fingerprint density at radius 1 is 1.28 bits per heavy atom. The Kier molecular flexibility index (Phi) is 5.55. The molecule has 1 amide bonds. The Hall–Kier alpha value is -3.62. The molecule has 4 heterocycles. The van der Waals surface area contributed by atoms with Crippen LogP contribution < -0.4 is 5.32 Å². The molecule has 1 fully saturated rings. The second-order valence-corrected chi connectivity index (χ2v) is 6.81. The van der Waals surface area contributed by atoms with Gasteiger partial charge in [-0.25, -0.2) is 24.9 Å². The van der Waals surface area contributed by atoms with Crippen LogP contribution in [0.5, 0.6) is 0 Å². The molecule has 0 radical (unpaired) electrons. The van der Waals surface area contributed by atoms with Crippen LogP contribution in [0.4, 0.5) is 11.8 Å². The monoisotopic (exact) mass is 390 g/mol. The molecular formula is C20H22N8O. The molecular weight excluding hydrogens is 368 g/mol. The van der Waals surface area contributed by atoms with Crippen LogP contribution in [0.25, 0.3) is 6.08 Å². The number of imidazole rings is 1. The predicted octanol–water partition coefficient (Wildman–Crippen LogP) is 2.81. The number of nitrogens with one attached hydrogen (secondary N) is 2. The van der Waals surface area contributed by atoms with Crippen molar-refractivity contribution in [3.8, 4) is 0 Å². The number of aromatic amines is 1. The van der Waals surface area contributed by atoms with Crippen LogP contribution in [-0.2, 0) is 4.79 Å². The van der Waals surface area contributed by atoms with Crippen LogP contribution in [0, 0.1) is 6.92 Å². The fourth-order valence-corrected chi connectivity index (χ4v) is 3.42. The SMILES string of the molecule is Cc1nc(Nc2ncccn2)cc([C@H]2CCCCN2C(=O)/C=C/c2cnc[nH]2)n1. The third-order valence-electron chi connectivity index (χ3n) is 4.72. The topological polar surface area (TPSA) is 113 Å². The molecule has 3 aromatic rings. The third-order valence-corrected chi connectivity index (χ3v) is 4.72. The fourth-order valence-electron chi connectivity index (χ4n) is 3.42. The number of hydrogen-bond acceptors (Lipinski definition) is 7. The average molecular weight is 390 g/mol. The van der Waals surface area contributed by atoms with Crippen molar-refractivity contribution < 1.29 is 4.79 Å². The molecule has 0 spiro atoms. The van der Waals surface area contributed by atoms with Crippen LogP contribution in [0.1, 0.15) is 42.5 Å². The van der Waals surface area contributed by atoms with Crippen molar-refractivity contribution in [1.29, 1.82) is 0 Å². The quantitative estimate of drug-likeness (QED) is 0.644. The van der Waals surface area contributed by atoms with E-state index in [1.165, 1.54) is 0 Å². The highest BCUT2D eigenvalue weighted by molar-refractivity contribution is 5.91. The molecule has 0 unspecified atom stereocenters. The summed E-state index contributed by atoms with van der Waals surface area (Å²) < 4.78 is 0. The molecule has 0 bridgehead atoms. The second-order valence-electron chi connectivity index (χ2n) is 6.81. The van der Waals surface area contributed by atoms with Crippen molar-refractivity contribution in [1.82, 2.24) is 34.8 Å². The first-order chi connectivity index (χ1) is 14.2. The minimum atomic E-state index is -0.0957. The van der Waals surface area contributed by atoms with Gasteiger partial charge in [-0.2, -0.15) is 0 Å². The number of piperidine rings is 1. The van der Waals surface area contributed by atoms with E-state index in [0.717, 1.165) is 30.7 Å². The lowest BCUT2D eigenvalue weighted by atomic mass is 9.98. The largest absolute Gasteiger partial charge is 0.345 e. The summed E-state index contributed by atoms with van der Waals surface area (Å²) in [6.07, 6.45) is 12.8. The summed E-state index contributed by atoms with van der Waals surface area (Å²) in [6.45, 7) is 2.54. The van der Waals surface area contributed by atoms with E-state index in [4.69, 9.17) is 0 Å². The molecule has 1 atom stereocenters.